The summed E-state index contributed by atoms with van der Waals surface area (Å²) in [5.74, 6) is 2.22. The first-order valence-electron chi connectivity index (χ1n) is 10.1. The number of anilines is 1. The number of thioether (sulfide) groups is 1. The lowest BCUT2D eigenvalue weighted by Crippen LogP contribution is -2.14. The fourth-order valence-electron chi connectivity index (χ4n) is 3.67. The minimum Gasteiger partial charge on any atom is -0.325 e. The molecule has 152 valence electrons. The lowest BCUT2D eigenvalue weighted by atomic mass is 10.2. The molecule has 8 heteroatoms. The first-order valence-corrected chi connectivity index (χ1v) is 11.9. The molecule has 3 heterocycles. The number of nitrogens with zero attached hydrogens (tertiary/aromatic N) is 4. The summed E-state index contributed by atoms with van der Waals surface area (Å²) in [6.45, 7) is 0.951. The second kappa shape index (κ2) is 8.57. The van der Waals surface area contributed by atoms with Gasteiger partial charge in [0, 0.05) is 24.2 Å². The Labute approximate surface area is 182 Å². The predicted molar refractivity (Wildman–Crippen MR) is 122 cm³/mol. The Morgan fingerprint density at radius 3 is 2.97 bits per heavy atom. The molecule has 30 heavy (non-hydrogen) atoms. The minimum atomic E-state index is -0.0449. The number of carbonyl (C=O) groups is 1. The molecule has 0 saturated carbocycles. The van der Waals surface area contributed by atoms with Crippen molar-refractivity contribution >= 4 is 44.9 Å². The highest BCUT2D eigenvalue weighted by molar-refractivity contribution is 8.01. The number of rotatable bonds is 5. The highest BCUT2D eigenvalue weighted by Crippen LogP contribution is 2.29. The molecule has 0 atom stereocenters. The number of benzene rings is 2. The number of fused-ring (bicyclic) bond motifs is 2. The molecule has 2 aromatic carbocycles. The number of hydrogen-bond donors (Lipinski definition) is 1. The van der Waals surface area contributed by atoms with Gasteiger partial charge in [0.05, 0.1) is 16.0 Å². The van der Waals surface area contributed by atoms with Crippen molar-refractivity contribution in [3.05, 3.63) is 54.4 Å². The van der Waals surface area contributed by atoms with Crippen molar-refractivity contribution in [1.82, 2.24) is 19.7 Å². The fourth-order valence-corrected chi connectivity index (χ4v) is 5.54. The molecule has 0 spiro atoms. The van der Waals surface area contributed by atoms with E-state index in [9.17, 15) is 4.79 Å². The highest BCUT2D eigenvalue weighted by atomic mass is 32.2. The largest absolute Gasteiger partial charge is 0.325 e. The Bertz CT molecular complexity index is 1170. The van der Waals surface area contributed by atoms with Gasteiger partial charge in [0.1, 0.15) is 5.82 Å². The second-order valence-corrected chi connectivity index (χ2v) is 9.52. The van der Waals surface area contributed by atoms with Crippen LogP contribution in [-0.2, 0) is 17.8 Å². The third kappa shape index (κ3) is 4.11. The zero-order valence-corrected chi connectivity index (χ0v) is 18.0. The van der Waals surface area contributed by atoms with E-state index in [1.807, 2.05) is 48.5 Å². The van der Waals surface area contributed by atoms with Gasteiger partial charge < -0.3 is 9.88 Å². The molecule has 1 aliphatic rings. The molecule has 4 aromatic rings. The third-order valence-electron chi connectivity index (χ3n) is 5.12. The molecule has 5 rings (SSSR count). The van der Waals surface area contributed by atoms with Crippen LogP contribution in [0.3, 0.4) is 0 Å². The van der Waals surface area contributed by atoms with Gasteiger partial charge in [-0.3, -0.25) is 4.79 Å². The average molecular weight is 436 g/mol. The third-order valence-corrected chi connectivity index (χ3v) is 7.29. The summed E-state index contributed by atoms with van der Waals surface area (Å²) in [5, 5.41) is 11.8. The van der Waals surface area contributed by atoms with Crippen molar-refractivity contribution in [2.75, 3.05) is 11.1 Å². The average Bonchev–Trinajstić information content (AvgIpc) is 3.29. The molecular weight excluding hydrogens is 414 g/mol. The molecule has 0 bridgehead atoms. The molecule has 0 fully saturated rings. The molecule has 0 aliphatic carbocycles. The molecule has 0 saturated heterocycles. The van der Waals surface area contributed by atoms with Crippen molar-refractivity contribution < 1.29 is 4.79 Å². The highest BCUT2D eigenvalue weighted by Gasteiger charge is 2.16. The lowest BCUT2D eigenvalue weighted by Gasteiger charge is -2.09. The molecule has 0 unspecified atom stereocenters. The number of carbonyl (C=O) groups excluding carboxylic acids is 1. The van der Waals surface area contributed by atoms with Crippen LogP contribution < -0.4 is 5.32 Å². The molecule has 6 nitrogen and oxygen atoms in total. The Morgan fingerprint density at radius 1 is 1.10 bits per heavy atom. The Kier molecular flexibility index (Phi) is 5.50. The minimum absolute atomic E-state index is 0.0449. The first kappa shape index (κ1) is 19.3. The number of aromatic nitrogens is 4. The maximum absolute atomic E-state index is 12.5. The van der Waals surface area contributed by atoms with E-state index in [1.165, 1.54) is 24.6 Å². The Hall–Kier alpha value is -2.71. The number of nitrogens with one attached hydrogen (secondary N) is 1. The van der Waals surface area contributed by atoms with Crippen LogP contribution in [0.2, 0.25) is 0 Å². The maximum atomic E-state index is 12.5. The Balaban J connectivity index is 1.26. The maximum Gasteiger partial charge on any atom is 0.234 e. The summed E-state index contributed by atoms with van der Waals surface area (Å²) in [4.78, 5) is 17.1. The number of hydrogen-bond acceptors (Lipinski definition) is 6. The van der Waals surface area contributed by atoms with Crippen molar-refractivity contribution in [2.24, 2.45) is 0 Å². The van der Waals surface area contributed by atoms with E-state index in [0.29, 0.717) is 5.75 Å². The lowest BCUT2D eigenvalue weighted by molar-refractivity contribution is -0.113. The van der Waals surface area contributed by atoms with E-state index < -0.39 is 0 Å². The van der Waals surface area contributed by atoms with E-state index >= 15 is 0 Å². The van der Waals surface area contributed by atoms with Crippen LogP contribution in [-0.4, -0.2) is 31.4 Å². The van der Waals surface area contributed by atoms with Crippen LogP contribution in [0.5, 0.6) is 0 Å². The second-order valence-electron chi connectivity index (χ2n) is 7.27. The smallest absolute Gasteiger partial charge is 0.234 e. The van der Waals surface area contributed by atoms with Crippen LogP contribution in [0.1, 0.15) is 25.1 Å². The van der Waals surface area contributed by atoms with Gasteiger partial charge in [-0.1, -0.05) is 42.4 Å². The topological polar surface area (TPSA) is 72.7 Å². The van der Waals surface area contributed by atoms with Crippen LogP contribution >= 0.6 is 23.1 Å². The normalized spacial score (nSPS) is 13.7. The summed E-state index contributed by atoms with van der Waals surface area (Å²) in [5.41, 5.74) is 2.73. The van der Waals surface area contributed by atoms with Gasteiger partial charge in [-0.05, 0) is 37.1 Å². The van der Waals surface area contributed by atoms with E-state index in [0.717, 1.165) is 56.8 Å². The molecule has 1 amide bonds. The van der Waals surface area contributed by atoms with Crippen LogP contribution in [0, 0.1) is 0 Å². The Morgan fingerprint density at radius 2 is 2.03 bits per heavy atom. The van der Waals surface area contributed by atoms with Crippen molar-refractivity contribution in [3.8, 4) is 11.4 Å². The van der Waals surface area contributed by atoms with Crippen LogP contribution in [0.25, 0.3) is 21.6 Å². The number of para-hydroxylation sites is 1. The van der Waals surface area contributed by atoms with Gasteiger partial charge in [-0.15, -0.1) is 21.5 Å². The molecule has 1 aliphatic heterocycles. The van der Waals surface area contributed by atoms with Gasteiger partial charge in [0.2, 0.25) is 5.91 Å². The van der Waals surface area contributed by atoms with Gasteiger partial charge >= 0.3 is 0 Å². The van der Waals surface area contributed by atoms with E-state index in [1.54, 1.807) is 11.3 Å². The van der Waals surface area contributed by atoms with E-state index in [4.69, 9.17) is 0 Å². The first-order chi connectivity index (χ1) is 14.8. The van der Waals surface area contributed by atoms with Crippen molar-refractivity contribution in [1.29, 1.82) is 0 Å². The standard InChI is InChI=1S/C22H21N5OS2/c28-20(14-29-22-24-17-9-3-4-10-18(17)30-22)23-16-8-6-7-15(13-16)21-26-25-19-11-2-1-5-12-27(19)21/h3-4,6-10,13H,1-2,5,11-12,14H2,(H,23,28). The van der Waals surface area contributed by atoms with Crippen molar-refractivity contribution in [2.45, 2.75) is 36.6 Å². The summed E-state index contributed by atoms with van der Waals surface area (Å²) < 4.78 is 4.27. The quantitative estimate of drug-likeness (QED) is 0.446. The summed E-state index contributed by atoms with van der Waals surface area (Å²) >= 11 is 3.08. The molecule has 1 N–H and O–H groups in total. The van der Waals surface area contributed by atoms with Crippen molar-refractivity contribution in [3.63, 3.8) is 0 Å². The zero-order chi connectivity index (χ0) is 20.3. The summed E-state index contributed by atoms with van der Waals surface area (Å²) in [6.07, 6.45) is 4.52. The predicted octanol–water partition coefficient (Wildman–Crippen LogP) is 5.01. The number of thiazole rings is 1. The molecule has 0 radical (unpaired) electrons. The van der Waals surface area contributed by atoms with Crippen LogP contribution in [0.15, 0.2) is 52.9 Å². The number of aryl methyl sites for hydroxylation is 1. The van der Waals surface area contributed by atoms with E-state index in [-0.39, 0.29) is 5.91 Å². The van der Waals surface area contributed by atoms with Gasteiger partial charge in [0.15, 0.2) is 10.2 Å². The van der Waals surface area contributed by atoms with Gasteiger partial charge in [-0.2, -0.15) is 0 Å². The van der Waals surface area contributed by atoms with Gasteiger partial charge in [0.25, 0.3) is 0 Å². The zero-order valence-electron chi connectivity index (χ0n) is 16.4. The summed E-state index contributed by atoms with van der Waals surface area (Å²) in [7, 11) is 0. The van der Waals surface area contributed by atoms with E-state index in [2.05, 4.69) is 25.1 Å². The number of amides is 1. The van der Waals surface area contributed by atoms with Gasteiger partial charge in [-0.25, -0.2) is 4.98 Å². The molecular formula is C22H21N5OS2. The SMILES string of the molecule is O=C(CSc1nc2ccccc2s1)Nc1cccc(-c2nnc3n2CCCCC3)c1. The molecule has 2 aromatic heterocycles. The fraction of sp³-hybridized carbons (Fsp3) is 0.273. The summed E-state index contributed by atoms with van der Waals surface area (Å²) in [6, 6.07) is 15.9. The van der Waals surface area contributed by atoms with Crippen LogP contribution in [0.4, 0.5) is 5.69 Å². The monoisotopic (exact) mass is 435 g/mol.